The predicted molar refractivity (Wildman–Crippen MR) is 62.0 cm³/mol. The summed E-state index contributed by atoms with van der Waals surface area (Å²) < 4.78 is 5.49. The normalized spacial score (nSPS) is 11.6. The van der Waals surface area contributed by atoms with E-state index in [4.69, 9.17) is 15.7 Å². The van der Waals surface area contributed by atoms with E-state index in [2.05, 4.69) is 10.1 Å². The lowest BCUT2D eigenvalue weighted by atomic mass is 10.1. The van der Waals surface area contributed by atoms with Crippen LogP contribution in [0.15, 0.2) is 11.2 Å². The van der Waals surface area contributed by atoms with Crippen LogP contribution in [0.5, 0.6) is 5.88 Å². The lowest BCUT2D eigenvalue weighted by Gasteiger charge is -2.12. The van der Waals surface area contributed by atoms with Gasteiger partial charge < -0.3 is 15.7 Å². The second kappa shape index (κ2) is 5.34. The first-order valence-electron chi connectivity index (χ1n) is 5.19. The molecule has 3 N–H and O–H groups in total. The van der Waals surface area contributed by atoms with E-state index in [0.29, 0.717) is 18.1 Å². The van der Waals surface area contributed by atoms with Crippen LogP contribution in [0.1, 0.15) is 30.2 Å². The summed E-state index contributed by atoms with van der Waals surface area (Å²) in [6.07, 6.45) is 0.879. The number of nitrogens with zero attached hydrogens (tertiary/aromatic N) is 2. The van der Waals surface area contributed by atoms with E-state index >= 15 is 0 Å². The van der Waals surface area contributed by atoms with Crippen molar-refractivity contribution in [3.63, 3.8) is 0 Å². The highest BCUT2D eigenvalue weighted by molar-refractivity contribution is 6.00. The molecule has 0 atom stereocenters. The molecule has 0 radical (unpaired) electrons. The van der Waals surface area contributed by atoms with Crippen LogP contribution in [-0.2, 0) is 0 Å². The SMILES string of the molecule is CCCOc1nc(C)cc(C)c1/C(N)=N/O. The molecular weight excluding hydrogens is 206 g/mol. The Morgan fingerprint density at radius 1 is 1.56 bits per heavy atom. The zero-order chi connectivity index (χ0) is 12.1. The van der Waals surface area contributed by atoms with Crippen LogP contribution in [0, 0.1) is 13.8 Å². The Labute approximate surface area is 94.9 Å². The molecule has 0 fully saturated rings. The monoisotopic (exact) mass is 223 g/mol. The molecule has 0 aromatic carbocycles. The first-order chi connectivity index (χ1) is 7.60. The minimum Gasteiger partial charge on any atom is -0.477 e. The smallest absolute Gasteiger partial charge is 0.225 e. The zero-order valence-electron chi connectivity index (χ0n) is 9.82. The average Bonchev–Trinajstić information content (AvgIpc) is 2.24. The highest BCUT2D eigenvalue weighted by atomic mass is 16.5. The summed E-state index contributed by atoms with van der Waals surface area (Å²) in [5.74, 6) is 0.450. The Balaban J connectivity index is 3.21. The van der Waals surface area contributed by atoms with Crippen molar-refractivity contribution in [1.82, 2.24) is 4.98 Å². The van der Waals surface area contributed by atoms with Gasteiger partial charge in [-0.05, 0) is 31.9 Å². The maximum atomic E-state index is 8.71. The van der Waals surface area contributed by atoms with Crippen LogP contribution in [0.2, 0.25) is 0 Å². The van der Waals surface area contributed by atoms with Gasteiger partial charge in [-0.2, -0.15) is 0 Å². The Morgan fingerprint density at radius 3 is 2.81 bits per heavy atom. The van der Waals surface area contributed by atoms with Crippen molar-refractivity contribution in [3.8, 4) is 5.88 Å². The predicted octanol–water partition coefficient (Wildman–Crippen LogP) is 1.58. The van der Waals surface area contributed by atoms with Gasteiger partial charge in [0, 0.05) is 5.69 Å². The van der Waals surface area contributed by atoms with E-state index in [1.807, 2.05) is 26.8 Å². The molecule has 0 bridgehead atoms. The average molecular weight is 223 g/mol. The van der Waals surface area contributed by atoms with Gasteiger partial charge in [-0.3, -0.25) is 0 Å². The fourth-order valence-electron chi connectivity index (χ4n) is 1.47. The minimum atomic E-state index is 0.0242. The van der Waals surface area contributed by atoms with Crippen LogP contribution >= 0.6 is 0 Å². The van der Waals surface area contributed by atoms with Gasteiger partial charge in [0.05, 0.1) is 12.2 Å². The van der Waals surface area contributed by atoms with Crippen molar-refractivity contribution in [2.24, 2.45) is 10.9 Å². The molecule has 0 amide bonds. The molecular formula is C11H17N3O2. The molecule has 16 heavy (non-hydrogen) atoms. The standard InChI is InChI=1S/C11H17N3O2/c1-4-5-16-11-9(10(12)14-15)7(2)6-8(3)13-11/h6,15H,4-5H2,1-3H3,(H2,12,14). The van der Waals surface area contributed by atoms with Gasteiger partial charge in [0.25, 0.3) is 0 Å². The van der Waals surface area contributed by atoms with Crippen LogP contribution in [-0.4, -0.2) is 22.6 Å². The second-order valence-electron chi connectivity index (χ2n) is 3.59. The fourth-order valence-corrected chi connectivity index (χ4v) is 1.47. The third-order valence-electron chi connectivity index (χ3n) is 2.12. The van der Waals surface area contributed by atoms with Gasteiger partial charge in [0.1, 0.15) is 0 Å². The highest BCUT2D eigenvalue weighted by Gasteiger charge is 2.14. The van der Waals surface area contributed by atoms with Crippen molar-refractivity contribution in [2.45, 2.75) is 27.2 Å². The van der Waals surface area contributed by atoms with Gasteiger partial charge in [-0.15, -0.1) is 0 Å². The summed E-state index contributed by atoms with van der Waals surface area (Å²) >= 11 is 0. The van der Waals surface area contributed by atoms with Gasteiger partial charge in [0.15, 0.2) is 5.84 Å². The molecule has 88 valence electrons. The van der Waals surface area contributed by atoms with Crippen molar-refractivity contribution in [2.75, 3.05) is 6.61 Å². The van der Waals surface area contributed by atoms with Gasteiger partial charge in [0.2, 0.25) is 5.88 Å². The Kier molecular flexibility index (Phi) is 4.10. The van der Waals surface area contributed by atoms with Crippen LogP contribution < -0.4 is 10.5 Å². The van der Waals surface area contributed by atoms with Gasteiger partial charge in [-0.25, -0.2) is 4.98 Å². The van der Waals surface area contributed by atoms with Crippen LogP contribution in [0.3, 0.4) is 0 Å². The summed E-state index contributed by atoms with van der Waals surface area (Å²) in [5.41, 5.74) is 7.88. The Bertz CT molecular complexity index is 402. The minimum absolute atomic E-state index is 0.0242. The van der Waals surface area contributed by atoms with E-state index in [-0.39, 0.29) is 5.84 Å². The third-order valence-corrected chi connectivity index (χ3v) is 2.12. The molecule has 5 nitrogen and oxygen atoms in total. The Hall–Kier alpha value is -1.78. The third kappa shape index (κ3) is 2.62. The van der Waals surface area contributed by atoms with E-state index in [1.54, 1.807) is 0 Å². The Morgan fingerprint density at radius 2 is 2.25 bits per heavy atom. The molecule has 1 aromatic rings. The summed E-state index contributed by atoms with van der Waals surface area (Å²) in [4.78, 5) is 4.25. The van der Waals surface area contributed by atoms with E-state index < -0.39 is 0 Å². The summed E-state index contributed by atoms with van der Waals surface area (Å²) in [7, 11) is 0. The van der Waals surface area contributed by atoms with Crippen LogP contribution in [0.25, 0.3) is 0 Å². The van der Waals surface area contributed by atoms with Crippen molar-refractivity contribution in [3.05, 3.63) is 22.9 Å². The quantitative estimate of drug-likeness (QED) is 0.351. The number of aryl methyl sites for hydroxylation is 2. The van der Waals surface area contributed by atoms with Crippen molar-refractivity contribution < 1.29 is 9.94 Å². The van der Waals surface area contributed by atoms with Gasteiger partial charge >= 0.3 is 0 Å². The van der Waals surface area contributed by atoms with Crippen molar-refractivity contribution >= 4 is 5.84 Å². The largest absolute Gasteiger partial charge is 0.477 e. The molecule has 0 saturated carbocycles. The number of nitrogens with two attached hydrogens (primary N) is 1. The van der Waals surface area contributed by atoms with Crippen LogP contribution in [0.4, 0.5) is 0 Å². The molecule has 1 aromatic heterocycles. The topological polar surface area (TPSA) is 80.7 Å². The summed E-state index contributed by atoms with van der Waals surface area (Å²) in [6.45, 7) is 6.32. The number of hydrogen-bond acceptors (Lipinski definition) is 4. The number of oxime groups is 1. The number of hydrogen-bond donors (Lipinski definition) is 2. The van der Waals surface area contributed by atoms with E-state index in [1.165, 1.54) is 0 Å². The van der Waals surface area contributed by atoms with E-state index in [0.717, 1.165) is 17.7 Å². The molecule has 0 aliphatic rings. The number of rotatable bonds is 4. The van der Waals surface area contributed by atoms with Gasteiger partial charge in [-0.1, -0.05) is 12.1 Å². The molecule has 0 spiro atoms. The maximum absolute atomic E-state index is 8.71. The number of pyridine rings is 1. The highest BCUT2D eigenvalue weighted by Crippen LogP contribution is 2.20. The first kappa shape index (κ1) is 12.3. The second-order valence-corrected chi connectivity index (χ2v) is 3.59. The maximum Gasteiger partial charge on any atom is 0.225 e. The first-order valence-corrected chi connectivity index (χ1v) is 5.19. The summed E-state index contributed by atoms with van der Waals surface area (Å²) in [5, 5.41) is 11.7. The summed E-state index contributed by atoms with van der Waals surface area (Å²) in [6, 6.07) is 1.87. The van der Waals surface area contributed by atoms with Crippen molar-refractivity contribution in [1.29, 1.82) is 0 Å². The lowest BCUT2D eigenvalue weighted by molar-refractivity contribution is 0.301. The number of aromatic nitrogens is 1. The molecule has 0 unspecified atom stereocenters. The van der Waals surface area contributed by atoms with E-state index in [9.17, 15) is 0 Å². The molecule has 0 aliphatic heterocycles. The number of ether oxygens (including phenoxy) is 1. The fraction of sp³-hybridized carbons (Fsp3) is 0.455. The lowest BCUT2D eigenvalue weighted by Crippen LogP contribution is -2.18. The number of amidine groups is 1. The zero-order valence-corrected chi connectivity index (χ0v) is 9.82. The molecule has 0 saturated heterocycles. The molecule has 5 heteroatoms. The molecule has 0 aliphatic carbocycles. The molecule has 1 rings (SSSR count). The molecule has 1 heterocycles.